The van der Waals surface area contributed by atoms with Crippen LogP contribution in [0.1, 0.15) is 24.0 Å². The summed E-state index contributed by atoms with van der Waals surface area (Å²) >= 11 is 0. The molecule has 0 aromatic heterocycles. The predicted octanol–water partition coefficient (Wildman–Crippen LogP) is 3.35. The summed E-state index contributed by atoms with van der Waals surface area (Å²) in [7, 11) is 0. The molecule has 2 aromatic rings. The SMILES string of the molecule is O=[N+]([O-])c1cccc(CNC2CCN(Cc3ccccc3)CC2)c1. The number of non-ortho nitro benzene ring substituents is 1. The Morgan fingerprint density at radius 1 is 1.04 bits per heavy atom. The first-order valence-electron chi connectivity index (χ1n) is 8.44. The van der Waals surface area contributed by atoms with Crippen LogP contribution >= 0.6 is 0 Å². The van der Waals surface area contributed by atoms with Gasteiger partial charge in [0.25, 0.3) is 5.69 Å². The maximum atomic E-state index is 10.8. The van der Waals surface area contributed by atoms with Crippen LogP contribution in [0, 0.1) is 10.1 Å². The van der Waals surface area contributed by atoms with Crippen LogP contribution in [-0.4, -0.2) is 29.0 Å². The molecule has 1 heterocycles. The van der Waals surface area contributed by atoms with E-state index in [0.29, 0.717) is 12.6 Å². The number of nitro groups is 1. The Balaban J connectivity index is 1.44. The molecular formula is C19H23N3O2. The fourth-order valence-electron chi connectivity index (χ4n) is 3.18. The third kappa shape index (κ3) is 4.63. The van der Waals surface area contributed by atoms with Gasteiger partial charge < -0.3 is 5.32 Å². The minimum Gasteiger partial charge on any atom is -0.310 e. The van der Waals surface area contributed by atoms with Gasteiger partial charge in [0.05, 0.1) is 4.92 Å². The van der Waals surface area contributed by atoms with Crippen LogP contribution in [0.4, 0.5) is 5.69 Å². The summed E-state index contributed by atoms with van der Waals surface area (Å²) < 4.78 is 0. The zero-order chi connectivity index (χ0) is 16.8. The normalized spacial score (nSPS) is 16.2. The van der Waals surface area contributed by atoms with E-state index in [1.807, 2.05) is 12.1 Å². The summed E-state index contributed by atoms with van der Waals surface area (Å²) in [6.45, 7) is 3.87. The molecule has 126 valence electrons. The van der Waals surface area contributed by atoms with E-state index >= 15 is 0 Å². The van der Waals surface area contributed by atoms with E-state index in [1.165, 1.54) is 11.6 Å². The lowest BCUT2D eigenvalue weighted by Gasteiger charge is -2.32. The zero-order valence-corrected chi connectivity index (χ0v) is 13.7. The lowest BCUT2D eigenvalue weighted by atomic mass is 10.0. The Kier molecular flexibility index (Phi) is 5.56. The zero-order valence-electron chi connectivity index (χ0n) is 13.7. The third-order valence-electron chi connectivity index (χ3n) is 4.55. The molecule has 0 amide bonds. The van der Waals surface area contributed by atoms with Gasteiger partial charge in [-0.15, -0.1) is 0 Å². The lowest BCUT2D eigenvalue weighted by Crippen LogP contribution is -2.41. The molecule has 1 aliphatic rings. The van der Waals surface area contributed by atoms with Gasteiger partial charge in [-0.25, -0.2) is 0 Å². The van der Waals surface area contributed by atoms with Crippen molar-refractivity contribution in [1.29, 1.82) is 0 Å². The van der Waals surface area contributed by atoms with Crippen LogP contribution < -0.4 is 5.32 Å². The molecule has 24 heavy (non-hydrogen) atoms. The van der Waals surface area contributed by atoms with Crippen molar-refractivity contribution < 1.29 is 4.92 Å². The maximum Gasteiger partial charge on any atom is 0.269 e. The van der Waals surface area contributed by atoms with Crippen molar-refractivity contribution in [1.82, 2.24) is 10.2 Å². The van der Waals surface area contributed by atoms with Gasteiger partial charge in [-0.05, 0) is 37.1 Å². The second kappa shape index (κ2) is 8.04. The number of hydrogen-bond donors (Lipinski definition) is 1. The number of hydrogen-bond acceptors (Lipinski definition) is 4. The molecule has 1 N–H and O–H groups in total. The molecule has 5 heteroatoms. The molecular weight excluding hydrogens is 302 g/mol. The fourth-order valence-corrected chi connectivity index (χ4v) is 3.18. The quantitative estimate of drug-likeness (QED) is 0.653. The average Bonchev–Trinajstić information content (AvgIpc) is 2.62. The third-order valence-corrected chi connectivity index (χ3v) is 4.55. The molecule has 0 aliphatic carbocycles. The van der Waals surface area contributed by atoms with Gasteiger partial charge in [0, 0.05) is 31.3 Å². The highest BCUT2D eigenvalue weighted by atomic mass is 16.6. The Hall–Kier alpha value is -2.24. The average molecular weight is 325 g/mol. The molecule has 2 aromatic carbocycles. The van der Waals surface area contributed by atoms with Gasteiger partial charge in [0.2, 0.25) is 0 Å². The molecule has 0 radical (unpaired) electrons. The van der Waals surface area contributed by atoms with Gasteiger partial charge in [-0.3, -0.25) is 15.0 Å². The lowest BCUT2D eigenvalue weighted by molar-refractivity contribution is -0.384. The summed E-state index contributed by atoms with van der Waals surface area (Å²) in [6.07, 6.45) is 2.23. The number of benzene rings is 2. The van der Waals surface area contributed by atoms with Gasteiger partial charge in [-0.1, -0.05) is 42.5 Å². The first-order chi connectivity index (χ1) is 11.7. The van der Waals surface area contributed by atoms with Crippen molar-refractivity contribution in [2.75, 3.05) is 13.1 Å². The van der Waals surface area contributed by atoms with E-state index in [9.17, 15) is 10.1 Å². The van der Waals surface area contributed by atoms with Gasteiger partial charge in [-0.2, -0.15) is 0 Å². The Labute approximate surface area is 142 Å². The second-order valence-corrected chi connectivity index (χ2v) is 6.34. The smallest absolute Gasteiger partial charge is 0.269 e. The molecule has 0 spiro atoms. The number of nitrogens with zero attached hydrogens (tertiary/aromatic N) is 2. The number of nitro benzene ring substituents is 1. The standard InChI is InChI=1S/C19H23N3O2/c23-22(24)19-8-4-7-17(13-19)14-20-18-9-11-21(12-10-18)15-16-5-2-1-3-6-16/h1-8,13,18,20H,9-12,14-15H2. The van der Waals surface area contributed by atoms with Crippen molar-refractivity contribution in [3.05, 3.63) is 75.8 Å². The van der Waals surface area contributed by atoms with Crippen LogP contribution in [0.2, 0.25) is 0 Å². The van der Waals surface area contributed by atoms with E-state index in [1.54, 1.807) is 12.1 Å². The minimum absolute atomic E-state index is 0.159. The summed E-state index contributed by atoms with van der Waals surface area (Å²) in [5, 5.41) is 14.4. The summed E-state index contributed by atoms with van der Waals surface area (Å²) in [6, 6.07) is 17.9. The topological polar surface area (TPSA) is 58.4 Å². The summed E-state index contributed by atoms with van der Waals surface area (Å²) in [5.41, 5.74) is 2.49. The highest BCUT2D eigenvalue weighted by Crippen LogP contribution is 2.16. The van der Waals surface area contributed by atoms with E-state index in [0.717, 1.165) is 38.0 Å². The molecule has 0 unspecified atom stereocenters. The van der Waals surface area contributed by atoms with Crippen LogP contribution in [0.5, 0.6) is 0 Å². The second-order valence-electron chi connectivity index (χ2n) is 6.34. The molecule has 1 aliphatic heterocycles. The first-order valence-corrected chi connectivity index (χ1v) is 8.44. The van der Waals surface area contributed by atoms with E-state index in [2.05, 4.69) is 34.5 Å². The molecule has 1 fully saturated rings. The first kappa shape index (κ1) is 16.6. The number of piperidine rings is 1. The number of nitrogens with one attached hydrogen (secondary N) is 1. The monoisotopic (exact) mass is 325 g/mol. The Morgan fingerprint density at radius 3 is 2.46 bits per heavy atom. The molecule has 1 saturated heterocycles. The molecule has 5 nitrogen and oxygen atoms in total. The highest BCUT2D eigenvalue weighted by Gasteiger charge is 2.18. The Morgan fingerprint density at radius 2 is 1.75 bits per heavy atom. The Bertz CT molecular complexity index is 667. The molecule has 0 saturated carbocycles. The van der Waals surface area contributed by atoms with E-state index < -0.39 is 0 Å². The van der Waals surface area contributed by atoms with E-state index in [4.69, 9.17) is 0 Å². The fraction of sp³-hybridized carbons (Fsp3) is 0.368. The minimum atomic E-state index is -0.342. The van der Waals surface area contributed by atoms with Crippen molar-refractivity contribution in [3.63, 3.8) is 0 Å². The summed E-state index contributed by atoms with van der Waals surface area (Å²) in [5.74, 6) is 0. The van der Waals surface area contributed by atoms with Crippen LogP contribution in [-0.2, 0) is 13.1 Å². The summed E-state index contributed by atoms with van der Waals surface area (Å²) in [4.78, 5) is 13.0. The van der Waals surface area contributed by atoms with Crippen molar-refractivity contribution >= 4 is 5.69 Å². The van der Waals surface area contributed by atoms with Crippen LogP contribution in [0.3, 0.4) is 0 Å². The van der Waals surface area contributed by atoms with Crippen LogP contribution in [0.25, 0.3) is 0 Å². The highest BCUT2D eigenvalue weighted by molar-refractivity contribution is 5.34. The predicted molar refractivity (Wildman–Crippen MR) is 94.7 cm³/mol. The van der Waals surface area contributed by atoms with Crippen molar-refractivity contribution in [2.24, 2.45) is 0 Å². The maximum absolute atomic E-state index is 10.8. The van der Waals surface area contributed by atoms with E-state index in [-0.39, 0.29) is 10.6 Å². The van der Waals surface area contributed by atoms with Gasteiger partial charge in [0.15, 0.2) is 0 Å². The number of rotatable bonds is 6. The van der Waals surface area contributed by atoms with Gasteiger partial charge >= 0.3 is 0 Å². The molecule has 3 rings (SSSR count). The molecule has 0 atom stereocenters. The number of likely N-dealkylation sites (tertiary alicyclic amines) is 1. The van der Waals surface area contributed by atoms with Gasteiger partial charge in [0.1, 0.15) is 0 Å². The molecule has 0 bridgehead atoms. The van der Waals surface area contributed by atoms with Crippen LogP contribution in [0.15, 0.2) is 54.6 Å². The van der Waals surface area contributed by atoms with Crippen molar-refractivity contribution in [3.8, 4) is 0 Å². The largest absolute Gasteiger partial charge is 0.310 e. The van der Waals surface area contributed by atoms with Crippen molar-refractivity contribution in [2.45, 2.75) is 32.0 Å².